The quantitative estimate of drug-likeness (QED) is 0.872. The molecule has 0 saturated carbocycles. The third-order valence-electron chi connectivity index (χ3n) is 2.75. The first-order valence-corrected chi connectivity index (χ1v) is 6.76. The molecule has 0 aliphatic carbocycles. The van der Waals surface area contributed by atoms with Crippen LogP contribution >= 0.6 is 11.5 Å². The summed E-state index contributed by atoms with van der Waals surface area (Å²) in [5.41, 5.74) is 1.48. The third kappa shape index (κ3) is 3.59. The largest absolute Gasteiger partial charge is 0.388 e. The van der Waals surface area contributed by atoms with Crippen molar-refractivity contribution in [2.75, 3.05) is 6.54 Å². The van der Waals surface area contributed by atoms with E-state index < -0.39 is 6.10 Å². The minimum atomic E-state index is -0.567. The number of nitrogens with one attached hydrogen (secondary N) is 1. The maximum absolute atomic E-state index is 11.8. The summed E-state index contributed by atoms with van der Waals surface area (Å²) in [7, 11) is 0. The van der Waals surface area contributed by atoms with E-state index in [0.717, 1.165) is 17.1 Å². The van der Waals surface area contributed by atoms with Gasteiger partial charge < -0.3 is 10.4 Å². The minimum Gasteiger partial charge on any atom is -0.388 e. The Balaban J connectivity index is 1.81. The first-order valence-electron chi connectivity index (χ1n) is 5.98. The normalized spacial score (nSPS) is 12.1. The summed E-state index contributed by atoms with van der Waals surface area (Å²) in [4.78, 5) is 12.3. The number of amides is 1. The van der Waals surface area contributed by atoms with Gasteiger partial charge in [0, 0.05) is 6.54 Å². The Morgan fingerprint density at radius 2 is 2.16 bits per heavy atom. The molecule has 2 aromatic rings. The second-order valence-corrected chi connectivity index (χ2v) is 4.91. The van der Waals surface area contributed by atoms with Gasteiger partial charge in [0.05, 0.1) is 11.8 Å². The summed E-state index contributed by atoms with van der Waals surface area (Å²) in [5.74, 6) is -0.187. The van der Waals surface area contributed by atoms with Crippen LogP contribution in [0.4, 0.5) is 0 Å². The Bertz CT molecular complexity index is 542. The molecule has 1 heterocycles. The van der Waals surface area contributed by atoms with Crippen molar-refractivity contribution in [3.8, 4) is 0 Å². The fourth-order valence-corrected chi connectivity index (χ4v) is 2.26. The van der Waals surface area contributed by atoms with E-state index in [2.05, 4.69) is 14.9 Å². The highest BCUT2D eigenvalue weighted by Gasteiger charge is 2.13. The van der Waals surface area contributed by atoms with Crippen LogP contribution in [-0.4, -0.2) is 27.1 Å². The molecule has 0 fully saturated rings. The fraction of sp³-hybridized carbons (Fsp3) is 0.308. The Labute approximate surface area is 115 Å². The molecular weight excluding hydrogens is 262 g/mol. The topological polar surface area (TPSA) is 75.1 Å². The summed E-state index contributed by atoms with van der Waals surface area (Å²) in [6.45, 7) is 2.16. The van der Waals surface area contributed by atoms with Crippen LogP contribution in [0.25, 0.3) is 0 Å². The maximum atomic E-state index is 11.8. The van der Waals surface area contributed by atoms with Crippen molar-refractivity contribution in [2.24, 2.45) is 0 Å². The molecule has 5 nitrogen and oxygen atoms in total. The second kappa shape index (κ2) is 6.40. The number of aliphatic hydroxyl groups is 1. The van der Waals surface area contributed by atoms with Crippen LogP contribution in [0.1, 0.15) is 33.5 Å². The molecule has 0 unspecified atom stereocenters. The summed E-state index contributed by atoms with van der Waals surface area (Å²) in [5, 5.41) is 16.5. The molecule has 2 N–H and O–H groups in total. The van der Waals surface area contributed by atoms with Gasteiger partial charge in [0.25, 0.3) is 5.91 Å². The van der Waals surface area contributed by atoms with Gasteiger partial charge in [-0.1, -0.05) is 34.8 Å². The van der Waals surface area contributed by atoms with Crippen molar-refractivity contribution in [2.45, 2.75) is 19.4 Å². The zero-order valence-corrected chi connectivity index (χ0v) is 11.4. The smallest absolute Gasteiger partial charge is 0.264 e. The van der Waals surface area contributed by atoms with Gasteiger partial charge >= 0.3 is 0 Å². The second-order valence-electron chi connectivity index (χ2n) is 4.16. The van der Waals surface area contributed by atoms with Crippen LogP contribution in [0.5, 0.6) is 0 Å². The predicted molar refractivity (Wildman–Crippen MR) is 73.0 cm³/mol. The average molecular weight is 277 g/mol. The predicted octanol–water partition coefficient (Wildman–Crippen LogP) is 1.70. The summed E-state index contributed by atoms with van der Waals surface area (Å²) >= 11 is 1.08. The van der Waals surface area contributed by atoms with Gasteiger partial charge in [0.1, 0.15) is 4.88 Å². The number of hydrogen-bond acceptors (Lipinski definition) is 5. The van der Waals surface area contributed by atoms with Crippen LogP contribution in [-0.2, 0) is 0 Å². The van der Waals surface area contributed by atoms with Crippen molar-refractivity contribution in [3.63, 3.8) is 0 Å². The van der Waals surface area contributed by atoms with E-state index in [1.54, 1.807) is 6.92 Å². The third-order valence-corrected chi connectivity index (χ3v) is 3.57. The summed E-state index contributed by atoms with van der Waals surface area (Å²) < 4.78 is 3.72. The molecule has 2 rings (SSSR count). The van der Waals surface area contributed by atoms with E-state index in [1.165, 1.54) is 0 Å². The highest BCUT2D eigenvalue weighted by Crippen LogP contribution is 2.15. The van der Waals surface area contributed by atoms with E-state index in [9.17, 15) is 9.90 Å². The van der Waals surface area contributed by atoms with Crippen LogP contribution in [0.3, 0.4) is 0 Å². The molecule has 1 atom stereocenters. The maximum Gasteiger partial charge on any atom is 0.264 e. The minimum absolute atomic E-state index is 0.187. The van der Waals surface area contributed by atoms with Crippen LogP contribution in [0.2, 0.25) is 0 Å². The first-order chi connectivity index (χ1) is 9.18. The highest BCUT2D eigenvalue weighted by molar-refractivity contribution is 7.07. The molecule has 0 radical (unpaired) electrons. The van der Waals surface area contributed by atoms with Crippen LogP contribution < -0.4 is 5.32 Å². The van der Waals surface area contributed by atoms with E-state index in [0.29, 0.717) is 23.5 Å². The number of nitrogens with zero attached hydrogens (tertiary/aromatic N) is 2. The lowest BCUT2D eigenvalue weighted by atomic mass is 10.1. The average Bonchev–Trinajstić information content (AvgIpc) is 2.86. The van der Waals surface area contributed by atoms with Crippen LogP contribution in [0.15, 0.2) is 30.3 Å². The Kier molecular flexibility index (Phi) is 4.59. The number of aryl methyl sites for hydroxylation is 1. The number of rotatable bonds is 5. The molecule has 6 heteroatoms. The van der Waals surface area contributed by atoms with Crippen molar-refractivity contribution >= 4 is 17.4 Å². The summed E-state index contributed by atoms with van der Waals surface area (Å²) in [6, 6.07) is 9.39. The number of aliphatic hydroxyl groups excluding tert-OH is 1. The fourth-order valence-electron chi connectivity index (χ4n) is 1.68. The molecule has 1 aromatic heterocycles. The standard InChI is InChI=1S/C13H15N3O2S/c1-9-12(19-16-15-9)13(18)14-8-7-11(17)10-5-3-2-4-6-10/h2-6,11,17H,7-8H2,1H3,(H,14,18)/t11-/m0/s1. The zero-order chi connectivity index (χ0) is 13.7. The first kappa shape index (κ1) is 13.6. The number of aromatic nitrogens is 2. The number of carbonyl (C=O) groups is 1. The lowest BCUT2D eigenvalue weighted by Crippen LogP contribution is -2.25. The Morgan fingerprint density at radius 1 is 1.42 bits per heavy atom. The summed E-state index contributed by atoms with van der Waals surface area (Å²) in [6.07, 6.45) is -0.0942. The number of hydrogen-bond donors (Lipinski definition) is 2. The van der Waals surface area contributed by atoms with E-state index in [-0.39, 0.29) is 5.91 Å². The molecule has 1 aromatic carbocycles. The van der Waals surface area contributed by atoms with Gasteiger partial charge in [-0.05, 0) is 30.4 Å². The Hall–Kier alpha value is -1.79. The van der Waals surface area contributed by atoms with Crippen molar-refractivity contribution < 1.29 is 9.90 Å². The molecule has 100 valence electrons. The van der Waals surface area contributed by atoms with Gasteiger partial charge in [-0.15, -0.1) is 5.10 Å². The lowest BCUT2D eigenvalue weighted by Gasteiger charge is -2.11. The van der Waals surface area contributed by atoms with Crippen LogP contribution in [0, 0.1) is 6.92 Å². The number of carbonyl (C=O) groups excluding carboxylic acids is 1. The van der Waals surface area contributed by atoms with Crippen molar-refractivity contribution in [3.05, 3.63) is 46.5 Å². The molecule has 0 spiro atoms. The van der Waals surface area contributed by atoms with Gasteiger partial charge in [-0.2, -0.15) is 0 Å². The van der Waals surface area contributed by atoms with Crippen molar-refractivity contribution in [1.29, 1.82) is 0 Å². The lowest BCUT2D eigenvalue weighted by molar-refractivity contribution is 0.0946. The van der Waals surface area contributed by atoms with E-state index >= 15 is 0 Å². The van der Waals surface area contributed by atoms with Gasteiger partial charge in [-0.3, -0.25) is 4.79 Å². The molecule has 0 saturated heterocycles. The van der Waals surface area contributed by atoms with Gasteiger partial charge in [-0.25, -0.2) is 0 Å². The van der Waals surface area contributed by atoms with E-state index in [1.807, 2.05) is 30.3 Å². The molecule has 0 bridgehead atoms. The monoisotopic (exact) mass is 277 g/mol. The van der Waals surface area contributed by atoms with Crippen molar-refractivity contribution in [1.82, 2.24) is 14.9 Å². The Morgan fingerprint density at radius 3 is 2.79 bits per heavy atom. The van der Waals surface area contributed by atoms with Gasteiger partial charge in [0.15, 0.2) is 0 Å². The molecule has 0 aliphatic heterocycles. The molecular formula is C13H15N3O2S. The van der Waals surface area contributed by atoms with Gasteiger partial charge in [0.2, 0.25) is 0 Å². The zero-order valence-electron chi connectivity index (χ0n) is 10.5. The molecule has 1 amide bonds. The molecule has 0 aliphatic rings. The SMILES string of the molecule is Cc1nnsc1C(=O)NCC[C@H](O)c1ccccc1. The number of benzene rings is 1. The molecule has 19 heavy (non-hydrogen) atoms. The van der Waals surface area contributed by atoms with E-state index in [4.69, 9.17) is 0 Å². The highest BCUT2D eigenvalue weighted by atomic mass is 32.1.